The van der Waals surface area contributed by atoms with Crippen molar-refractivity contribution in [3.63, 3.8) is 0 Å². The van der Waals surface area contributed by atoms with Gasteiger partial charge in [-0.15, -0.1) is 11.3 Å². The molecule has 0 saturated heterocycles. The normalized spacial score (nSPS) is 14.5. The topological polar surface area (TPSA) is 93.7 Å². The second kappa shape index (κ2) is 12.4. The lowest BCUT2D eigenvalue weighted by molar-refractivity contribution is -0.138. The summed E-state index contributed by atoms with van der Waals surface area (Å²) in [4.78, 5) is 33.6. The first-order valence-corrected chi connectivity index (χ1v) is 15.3. The van der Waals surface area contributed by atoms with E-state index < -0.39 is 12.0 Å². The predicted octanol–water partition coefficient (Wildman–Crippen LogP) is 5.45. The lowest BCUT2D eigenvalue weighted by Gasteiger charge is -2.24. The molecule has 5 aromatic rings. The van der Waals surface area contributed by atoms with E-state index in [1.54, 1.807) is 17.6 Å². The molecule has 2 aromatic heterocycles. The number of thiazole rings is 1. The van der Waals surface area contributed by atoms with E-state index in [0.29, 0.717) is 31.9 Å². The largest absolute Gasteiger partial charge is 0.489 e. The zero-order valence-corrected chi connectivity index (χ0v) is 24.7. The minimum Gasteiger partial charge on any atom is -0.489 e. The Bertz CT molecular complexity index is 2040. The molecule has 0 amide bonds. The van der Waals surface area contributed by atoms with Crippen molar-refractivity contribution in [2.45, 2.75) is 19.6 Å². The van der Waals surface area contributed by atoms with Gasteiger partial charge in [-0.3, -0.25) is 9.36 Å². The first-order chi connectivity index (χ1) is 21.1. The van der Waals surface area contributed by atoms with E-state index >= 15 is 0 Å². The maximum atomic E-state index is 13.9. The van der Waals surface area contributed by atoms with Crippen molar-refractivity contribution in [2.75, 3.05) is 6.61 Å². The number of hydrogen-bond donors (Lipinski definition) is 0. The van der Waals surface area contributed by atoms with Gasteiger partial charge in [0.25, 0.3) is 5.56 Å². The van der Waals surface area contributed by atoms with Gasteiger partial charge in [-0.1, -0.05) is 78.1 Å². The van der Waals surface area contributed by atoms with E-state index in [1.807, 2.05) is 96.4 Å². The molecule has 0 unspecified atom stereocenters. The van der Waals surface area contributed by atoms with Crippen LogP contribution in [0.5, 0.6) is 5.75 Å². The Morgan fingerprint density at radius 3 is 2.51 bits per heavy atom. The molecule has 0 fully saturated rings. The van der Waals surface area contributed by atoms with E-state index in [2.05, 4.69) is 6.07 Å². The third kappa shape index (κ3) is 5.71. The van der Waals surface area contributed by atoms with E-state index in [9.17, 15) is 14.9 Å². The third-order valence-electron chi connectivity index (χ3n) is 6.90. The summed E-state index contributed by atoms with van der Waals surface area (Å²) < 4.78 is 13.5. The number of benzene rings is 3. The molecule has 1 atom stereocenters. The highest BCUT2D eigenvalue weighted by molar-refractivity contribution is 7.10. The lowest BCUT2D eigenvalue weighted by Crippen LogP contribution is -2.39. The molecular formula is C34H25N3O4S2. The monoisotopic (exact) mass is 603 g/mol. The fourth-order valence-corrected chi connectivity index (χ4v) is 6.71. The van der Waals surface area contributed by atoms with Crippen LogP contribution in [-0.4, -0.2) is 17.1 Å². The fraction of sp³-hybridized carbons (Fsp3) is 0.118. The van der Waals surface area contributed by atoms with E-state index in [-0.39, 0.29) is 18.8 Å². The summed E-state index contributed by atoms with van der Waals surface area (Å²) in [7, 11) is 0. The zero-order chi connectivity index (χ0) is 29.8. The summed E-state index contributed by atoms with van der Waals surface area (Å²) in [6, 6.07) is 29.6. The van der Waals surface area contributed by atoms with Crippen molar-refractivity contribution >= 4 is 40.4 Å². The van der Waals surface area contributed by atoms with Crippen molar-refractivity contribution in [3.8, 4) is 11.8 Å². The summed E-state index contributed by atoms with van der Waals surface area (Å²) in [5, 5.41) is 11.2. The first-order valence-electron chi connectivity index (χ1n) is 13.6. The lowest BCUT2D eigenvalue weighted by atomic mass is 9.97. The smallest absolute Gasteiger partial charge is 0.338 e. The summed E-state index contributed by atoms with van der Waals surface area (Å²) in [6.45, 7) is 2.24. The average Bonchev–Trinajstić information content (AvgIpc) is 3.69. The molecule has 0 aliphatic carbocycles. The SMILES string of the molecule is CCOC(=O)C1=C(c2ccccc2)N=c2s/c(=C\c3ccc(OCc4ccccc4C#N)cc3)c(=O)n2[C@H]1c1cccs1. The number of fused-ring (bicyclic) bond motifs is 1. The van der Waals surface area contributed by atoms with Gasteiger partial charge in [0.15, 0.2) is 4.80 Å². The number of carbonyl (C=O) groups is 1. The van der Waals surface area contributed by atoms with Crippen LogP contribution in [-0.2, 0) is 16.1 Å². The molecule has 6 rings (SSSR count). The molecule has 212 valence electrons. The summed E-state index contributed by atoms with van der Waals surface area (Å²) in [5.41, 5.74) is 3.60. The number of aromatic nitrogens is 1. The molecule has 43 heavy (non-hydrogen) atoms. The number of carbonyl (C=O) groups excluding carboxylic acids is 1. The Kier molecular flexibility index (Phi) is 8.13. The van der Waals surface area contributed by atoms with Crippen LogP contribution in [0.3, 0.4) is 0 Å². The van der Waals surface area contributed by atoms with Crippen LogP contribution in [0.4, 0.5) is 0 Å². The molecule has 0 saturated carbocycles. The Morgan fingerprint density at radius 2 is 1.79 bits per heavy atom. The third-order valence-corrected chi connectivity index (χ3v) is 8.80. The molecule has 7 nitrogen and oxygen atoms in total. The molecule has 0 N–H and O–H groups in total. The summed E-state index contributed by atoms with van der Waals surface area (Å²) >= 11 is 2.76. The van der Waals surface area contributed by atoms with Crippen LogP contribution < -0.4 is 19.6 Å². The van der Waals surface area contributed by atoms with Crippen molar-refractivity contribution in [3.05, 3.63) is 149 Å². The Hall–Kier alpha value is -5.04. The minimum atomic E-state index is -0.667. The summed E-state index contributed by atoms with van der Waals surface area (Å²) in [6.07, 6.45) is 1.82. The summed E-state index contributed by atoms with van der Waals surface area (Å²) in [5.74, 6) is 0.154. The Morgan fingerprint density at radius 1 is 1.02 bits per heavy atom. The van der Waals surface area contributed by atoms with Crippen molar-refractivity contribution in [2.24, 2.45) is 4.99 Å². The number of nitrogens with zero attached hydrogens (tertiary/aromatic N) is 3. The van der Waals surface area contributed by atoms with Crippen LogP contribution >= 0.6 is 22.7 Å². The Balaban J connectivity index is 1.40. The minimum absolute atomic E-state index is 0.205. The highest BCUT2D eigenvalue weighted by Crippen LogP contribution is 2.36. The number of esters is 1. The second-order valence-electron chi connectivity index (χ2n) is 9.57. The molecule has 0 spiro atoms. The van der Waals surface area contributed by atoms with E-state index in [0.717, 1.165) is 21.6 Å². The predicted molar refractivity (Wildman–Crippen MR) is 167 cm³/mol. The van der Waals surface area contributed by atoms with Gasteiger partial charge < -0.3 is 9.47 Å². The quantitative estimate of drug-likeness (QED) is 0.220. The molecular weight excluding hydrogens is 579 g/mol. The molecule has 3 aromatic carbocycles. The van der Waals surface area contributed by atoms with Gasteiger partial charge in [0, 0.05) is 16.0 Å². The van der Waals surface area contributed by atoms with Crippen molar-refractivity contribution in [1.29, 1.82) is 5.26 Å². The van der Waals surface area contributed by atoms with Gasteiger partial charge in [-0.25, -0.2) is 9.79 Å². The van der Waals surface area contributed by atoms with Crippen LogP contribution in [0.25, 0.3) is 11.8 Å². The highest BCUT2D eigenvalue weighted by atomic mass is 32.1. The zero-order valence-electron chi connectivity index (χ0n) is 23.1. The molecule has 1 aliphatic heterocycles. The maximum Gasteiger partial charge on any atom is 0.338 e. The maximum absolute atomic E-state index is 13.9. The van der Waals surface area contributed by atoms with E-state index in [1.165, 1.54) is 22.7 Å². The standard InChI is InChI=1S/C34H25N3O4S2/c1-2-40-33(39)29-30(23-9-4-3-5-10-23)36-34-37(31(29)27-13-8-18-42-27)32(38)28(43-34)19-22-14-16-26(17-15-22)41-21-25-12-7-6-11-24(25)20-35/h3-19,31H,2,21H2,1H3/b28-19-/t31-/m0/s1. The number of ether oxygens (including phenoxy) is 2. The Labute approximate surface area is 255 Å². The molecule has 0 radical (unpaired) electrons. The highest BCUT2D eigenvalue weighted by Gasteiger charge is 2.35. The fourth-order valence-electron chi connectivity index (χ4n) is 4.88. The number of rotatable bonds is 8. The van der Waals surface area contributed by atoms with Crippen LogP contribution in [0, 0.1) is 11.3 Å². The van der Waals surface area contributed by atoms with E-state index in [4.69, 9.17) is 14.5 Å². The van der Waals surface area contributed by atoms with Gasteiger partial charge in [-0.2, -0.15) is 5.26 Å². The van der Waals surface area contributed by atoms with Crippen LogP contribution in [0.15, 0.2) is 112 Å². The molecule has 9 heteroatoms. The van der Waals surface area contributed by atoms with Crippen LogP contribution in [0.2, 0.25) is 0 Å². The van der Waals surface area contributed by atoms with Crippen molar-refractivity contribution < 1.29 is 14.3 Å². The van der Waals surface area contributed by atoms with Gasteiger partial charge in [0.1, 0.15) is 18.4 Å². The number of thiophene rings is 1. The van der Waals surface area contributed by atoms with Gasteiger partial charge in [0.05, 0.1) is 34.0 Å². The molecule has 3 heterocycles. The first kappa shape index (κ1) is 28.1. The number of nitriles is 1. The second-order valence-corrected chi connectivity index (χ2v) is 11.6. The molecule has 0 bridgehead atoms. The molecule has 1 aliphatic rings. The van der Waals surface area contributed by atoms with Gasteiger partial charge >= 0.3 is 5.97 Å². The van der Waals surface area contributed by atoms with Gasteiger partial charge in [0.2, 0.25) is 0 Å². The van der Waals surface area contributed by atoms with Crippen LogP contribution in [0.1, 0.15) is 40.1 Å². The van der Waals surface area contributed by atoms with Gasteiger partial charge in [-0.05, 0) is 48.2 Å². The van der Waals surface area contributed by atoms with Crippen molar-refractivity contribution in [1.82, 2.24) is 4.57 Å². The number of hydrogen-bond acceptors (Lipinski definition) is 8. The average molecular weight is 604 g/mol.